The summed E-state index contributed by atoms with van der Waals surface area (Å²) in [7, 11) is 1.61. The van der Waals surface area contributed by atoms with Crippen molar-refractivity contribution < 1.29 is 19.2 Å². The summed E-state index contributed by atoms with van der Waals surface area (Å²) in [6.07, 6.45) is 0.486. The molecule has 1 rings (SSSR count). The molecule has 7 nitrogen and oxygen atoms in total. The van der Waals surface area contributed by atoms with Crippen LogP contribution in [0.4, 0.5) is 4.79 Å². The van der Waals surface area contributed by atoms with E-state index in [4.69, 9.17) is 9.63 Å². The Labute approximate surface area is 105 Å². The van der Waals surface area contributed by atoms with E-state index in [9.17, 15) is 9.59 Å². The van der Waals surface area contributed by atoms with E-state index in [2.05, 4.69) is 10.5 Å². The summed E-state index contributed by atoms with van der Waals surface area (Å²) in [4.78, 5) is 23.4. The summed E-state index contributed by atoms with van der Waals surface area (Å²) in [6.45, 7) is 2.46. The zero-order valence-corrected chi connectivity index (χ0v) is 10.5. The number of hydrogen-bond acceptors (Lipinski definition) is 4. The van der Waals surface area contributed by atoms with Crippen molar-refractivity contribution in [1.82, 2.24) is 15.4 Å². The number of aromatic nitrogens is 1. The maximum Gasteiger partial charge on any atom is 0.317 e. The molecule has 0 aliphatic carbocycles. The van der Waals surface area contributed by atoms with Crippen LogP contribution in [0.25, 0.3) is 0 Å². The molecule has 0 radical (unpaired) electrons. The number of carbonyl (C=O) groups excluding carboxylic acids is 1. The first kappa shape index (κ1) is 14.0. The number of urea groups is 1. The number of carboxylic acid groups (broad SMARTS) is 1. The van der Waals surface area contributed by atoms with Gasteiger partial charge in [0.15, 0.2) is 5.76 Å². The second-order valence-corrected chi connectivity index (χ2v) is 4.01. The second kappa shape index (κ2) is 6.63. The standard InChI is InChI=1S/C11H17N3O4/c1-8-6-9(18-13-8)7-12-11(17)14(2)5-3-4-10(15)16/h6H,3-5,7H2,1-2H3,(H,12,17)(H,15,16). The molecule has 0 bridgehead atoms. The highest BCUT2D eigenvalue weighted by Gasteiger charge is 2.09. The molecule has 1 aromatic rings. The molecule has 2 N–H and O–H groups in total. The summed E-state index contributed by atoms with van der Waals surface area (Å²) < 4.78 is 4.95. The lowest BCUT2D eigenvalue weighted by Gasteiger charge is -2.16. The van der Waals surface area contributed by atoms with E-state index in [-0.39, 0.29) is 19.0 Å². The van der Waals surface area contributed by atoms with Gasteiger partial charge < -0.3 is 19.8 Å². The van der Waals surface area contributed by atoms with Crippen LogP contribution in [0, 0.1) is 6.92 Å². The number of aliphatic carboxylic acids is 1. The minimum Gasteiger partial charge on any atom is -0.481 e. The van der Waals surface area contributed by atoms with Crippen LogP contribution in [0.15, 0.2) is 10.6 Å². The molecule has 0 atom stereocenters. The Balaban J connectivity index is 2.25. The first-order valence-corrected chi connectivity index (χ1v) is 5.62. The van der Waals surface area contributed by atoms with E-state index >= 15 is 0 Å². The van der Waals surface area contributed by atoms with Crippen molar-refractivity contribution in [3.05, 3.63) is 17.5 Å². The van der Waals surface area contributed by atoms with Crippen LogP contribution >= 0.6 is 0 Å². The largest absolute Gasteiger partial charge is 0.481 e. The Morgan fingerprint density at radius 2 is 2.28 bits per heavy atom. The van der Waals surface area contributed by atoms with Gasteiger partial charge in [0.2, 0.25) is 0 Å². The Morgan fingerprint density at radius 1 is 1.56 bits per heavy atom. The van der Waals surface area contributed by atoms with E-state index in [0.717, 1.165) is 5.69 Å². The van der Waals surface area contributed by atoms with Gasteiger partial charge in [0.1, 0.15) is 0 Å². The van der Waals surface area contributed by atoms with Crippen molar-refractivity contribution in [2.45, 2.75) is 26.3 Å². The highest BCUT2D eigenvalue weighted by atomic mass is 16.5. The minimum atomic E-state index is -0.860. The minimum absolute atomic E-state index is 0.0545. The average Bonchev–Trinajstić information content (AvgIpc) is 2.71. The first-order valence-electron chi connectivity index (χ1n) is 5.62. The van der Waals surface area contributed by atoms with Crippen molar-refractivity contribution in [3.63, 3.8) is 0 Å². The molecule has 18 heavy (non-hydrogen) atoms. The fraction of sp³-hybridized carbons (Fsp3) is 0.545. The van der Waals surface area contributed by atoms with Crippen LogP contribution in [-0.4, -0.2) is 40.8 Å². The molecular weight excluding hydrogens is 238 g/mol. The van der Waals surface area contributed by atoms with E-state index < -0.39 is 5.97 Å². The lowest BCUT2D eigenvalue weighted by atomic mass is 10.3. The monoisotopic (exact) mass is 255 g/mol. The number of aryl methyl sites for hydroxylation is 1. The summed E-state index contributed by atoms with van der Waals surface area (Å²) in [5.74, 6) is -0.277. The summed E-state index contributed by atoms with van der Waals surface area (Å²) in [5.41, 5.74) is 0.758. The zero-order chi connectivity index (χ0) is 13.5. The molecule has 0 spiro atoms. The molecule has 0 aliphatic rings. The van der Waals surface area contributed by atoms with E-state index in [1.54, 1.807) is 20.0 Å². The third kappa shape index (κ3) is 4.86. The summed E-state index contributed by atoms with van der Waals surface area (Å²) in [6, 6.07) is 1.47. The fourth-order valence-electron chi connectivity index (χ4n) is 1.37. The number of amides is 2. The van der Waals surface area contributed by atoms with Crippen molar-refractivity contribution in [1.29, 1.82) is 0 Å². The zero-order valence-electron chi connectivity index (χ0n) is 10.5. The molecule has 7 heteroatoms. The van der Waals surface area contributed by atoms with Crippen molar-refractivity contribution in [2.24, 2.45) is 0 Å². The van der Waals surface area contributed by atoms with Crippen LogP contribution < -0.4 is 5.32 Å². The Hall–Kier alpha value is -2.05. The van der Waals surface area contributed by atoms with Gasteiger partial charge in [-0.1, -0.05) is 5.16 Å². The number of hydrogen-bond donors (Lipinski definition) is 2. The highest BCUT2D eigenvalue weighted by Crippen LogP contribution is 2.01. The quantitative estimate of drug-likeness (QED) is 0.790. The van der Waals surface area contributed by atoms with Crippen LogP contribution in [0.5, 0.6) is 0 Å². The highest BCUT2D eigenvalue weighted by molar-refractivity contribution is 5.73. The maximum atomic E-state index is 11.6. The van der Waals surface area contributed by atoms with Gasteiger partial charge in [-0.3, -0.25) is 4.79 Å². The van der Waals surface area contributed by atoms with Gasteiger partial charge in [0, 0.05) is 26.1 Å². The van der Waals surface area contributed by atoms with Crippen molar-refractivity contribution in [3.8, 4) is 0 Å². The van der Waals surface area contributed by atoms with E-state index in [1.165, 1.54) is 4.90 Å². The fourth-order valence-corrected chi connectivity index (χ4v) is 1.37. The Morgan fingerprint density at radius 3 is 2.83 bits per heavy atom. The molecule has 0 aliphatic heterocycles. The van der Waals surface area contributed by atoms with Gasteiger partial charge in [-0.25, -0.2) is 4.79 Å². The number of carbonyl (C=O) groups is 2. The predicted octanol–water partition coefficient (Wildman–Crippen LogP) is 0.989. The molecule has 2 amide bonds. The topological polar surface area (TPSA) is 95.7 Å². The first-order chi connectivity index (χ1) is 8.49. The second-order valence-electron chi connectivity index (χ2n) is 4.01. The molecule has 1 heterocycles. The molecule has 0 saturated carbocycles. The molecule has 0 aromatic carbocycles. The van der Waals surface area contributed by atoms with Crippen molar-refractivity contribution in [2.75, 3.05) is 13.6 Å². The predicted molar refractivity (Wildman–Crippen MR) is 63.0 cm³/mol. The molecule has 0 fully saturated rings. The smallest absolute Gasteiger partial charge is 0.317 e. The van der Waals surface area contributed by atoms with Crippen molar-refractivity contribution >= 4 is 12.0 Å². The number of rotatable bonds is 6. The van der Waals surface area contributed by atoms with Gasteiger partial charge >= 0.3 is 12.0 Å². The number of nitrogens with one attached hydrogen (secondary N) is 1. The third-order valence-corrected chi connectivity index (χ3v) is 2.32. The molecule has 0 saturated heterocycles. The van der Waals surface area contributed by atoms with Gasteiger partial charge in [0.05, 0.1) is 12.2 Å². The van der Waals surface area contributed by atoms with Crippen LogP contribution in [0.1, 0.15) is 24.3 Å². The Kier molecular flexibility index (Phi) is 5.16. The van der Waals surface area contributed by atoms with Crippen LogP contribution in [0.3, 0.4) is 0 Å². The van der Waals surface area contributed by atoms with E-state index in [0.29, 0.717) is 18.7 Å². The van der Waals surface area contributed by atoms with Gasteiger partial charge in [-0.05, 0) is 13.3 Å². The number of carboxylic acids is 1. The van der Waals surface area contributed by atoms with Gasteiger partial charge in [-0.15, -0.1) is 0 Å². The summed E-state index contributed by atoms with van der Waals surface area (Å²) in [5, 5.41) is 14.8. The van der Waals surface area contributed by atoms with Crippen LogP contribution in [0.2, 0.25) is 0 Å². The van der Waals surface area contributed by atoms with Crippen LogP contribution in [-0.2, 0) is 11.3 Å². The third-order valence-electron chi connectivity index (χ3n) is 2.32. The molecule has 0 unspecified atom stereocenters. The maximum absolute atomic E-state index is 11.6. The summed E-state index contributed by atoms with van der Waals surface area (Å²) >= 11 is 0. The SMILES string of the molecule is Cc1cc(CNC(=O)N(C)CCCC(=O)O)on1. The Bertz CT molecular complexity index is 416. The molecule has 100 valence electrons. The normalized spacial score (nSPS) is 10.1. The number of nitrogens with zero attached hydrogens (tertiary/aromatic N) is 2. The average molecular weight is 255 g/mol. The van der Waals surface area contributed by atoms with Gasteiger partial charge in [0.25, 0.3) is 0 Å². The lowest BCUT2D eigenvalue weighted by Crippen LogP contribution is -2.37. The molecular formula is C11H17N3O4. The lowest BCUT2D eigenvalue weighted by molar-refractivity contribution is -0.137. The molecule has 1 aromatic heterocycles. The van der Waals surface area contributed by atoms with Gasteiger partial charge in [-0.2, -0.15) is 0 Å². The van der Waals surface area contributed by atoms with E-state index in [1.807, 2.05) is 0 Å².